The second-order valence-electron chi connectivity index (χ2n) is 6.22. The molecule has 1 aliphatic carbocycles. The average Bonchev–Trinajstić information content (AvgIpc) is 3.22. The maximum absolute atomic E-state index is 11.7. The van der Waals surface area contributed by atoms with Crippen molar-refractivity contribution in [3.63, 3.8) is 0 Å². The summed E-state index contributed by atoms with van der Waals surface area (Å²) in [5, 5.41) is 17.0. The molecule has 2 aromatic rings. The molecule has 1 atom stereocenters. The Bertz CT molecular complexity index is 660. The zero-order valence-electron chi connectivity index (χ0n) is 13.3. The normalized spacial score (nSPS) is 16.6. The van der Waals surface area contributed by atoms with Crippen LogP contribution in [0, 0.1) is 5.92 Å². The van der Waals surface area contributed by atoms with Crippen molar-refractivity contribution in [2.24, 2.45) is 5.92 Å². The topological polar surface area (TPSA) is 75.4 Å². The first kappa shape index (κ1) is 15.7. The Morgan fingerprint density at radius 3 is 2.70 bits per heavy atom. The van der Waals surface area contributed by atoms with Gasteiger partial charge in [0, 0.05) is 5.56 Å². The number of benzene rings is 1. The molecular weight excluding hydrogens is 292 g/mol. The van der Waals surface area contributed by atoms with E-state index in [9.17, 15) is 9.90 Å². The molecule has 0 radical (unpaired) electrons. The SMILES string of the molecule is C[C@@H](NCC1CCCC1)c1onc(-c2ccccc2)c1C(=O)O. The van der Waals surface area contributed by atoms with Gasteiger partial charge in [0.15, 0.2) is 5.76 Å². The van der Waals surface area contributed by atoms with Crippen molar-refractivity contribution in [1.29, 1.82) is 0 Å². The van der Waals surface area contributed by atoms with Crippen molar-refractivity contribution in [2.75, 3.05) is 6.54 Å². The van der Waals surface area contributed by atoms with Crippen LogP contribution in [0.15, 0.2) is 34.9 Å². The van der Waals surface area contributed by atoms with Gasteiger partial charge >= 0.3 is 5.97 Å². The summed E-state index contributed by atoms with van der Waals surface area (Å²) in [4.78, 5) is 11.7. The van der Waals surface area contributed by atoms with Gasteiger partial charge in [-0.05, 0) is 32.2 Å². The van der Waals surface area contributed by atoms with Gasteiger partial charge in [0.25, 0.3) is 0 Å². The van der Waals surface area contributed by atoms with Gasteiger partial charge in [-0.1, -0.05) is 48.3 Å². The molecule has 2 N–H and O–H groups in total. The molecule has 0 aliphatic heterocycles. The smallest absolute Gasteiger partial charge is 0.341 e. The average molecular weight is 314 g/mol. The molecule has 1 fully saturated rings. The van der Waals surface area contributed by atoms with E-state index in [0.717, 1.165) is 12.1 Å². The summed E-state index contributed by atoms with van der Waals surface area (Å²) in [6, 6.07) is 9.10. The molecule has 0 amide bonds. The van der Waals surface area contributed by atoms with E-state index in [1.165, 1.54) is 25.7 Å². The summed E-state index contributed by atoms with van der Waals surface area (Å²) in [7, 11) is 0. The largest absolute Gasteiger partial charge is 0.477 e. The Balaban J connectivity index is 1.81. The predicted molar refractivity (Wildman–Crippen MR) is 87.3 cm³/mol. The maximum atomic E-state index is 11.7. The third kappa shape index (κ3) is 3.45. The molecule has 1 heterocycles. The minimum absolute atomic E-state index is 0.155. The molecule has 0 bridgehead atoms. The van der Waals surface area contributed by atoms with Crippen molar-refractivity contribution >= 4 is 5.97 Å². The fourth-order valence-electron chi connectivity index (χ4n) is 3.25. The van der Waals surface area contributed by atoms with Crippen LogP contribution in [0.4, 0.5) is 0 Å². The highest BCUT2D eigenvalue weighted by Crippen LogP contribution is 2.30. The van der Waals surface area contributed by atoms with E-state index in [-0.39, 0.29) is 11.6 Å². The highest BCUT2D eigenvalue weighted by Gasteiger charge is 2.27. The van der Waals surface area contributed by atoms with E-state index in [2.05, 4.69) is 10.5 Å². The van der Waals surface area contributed by atoms with Crippen molar-refractivity contribution in [3.8, 4) is 11.3 Å². The van der Waals surface area contributed by atoms with Crippen LogP contribution in [-0.2, 0) is 0 Å². The predicted octanol–water partition coefficient (Wildman–Crippen LogP) is 3.88. The number of aromatic carboxylic acids is 1. The summed E-state index contributed by atoms with van der Waals surface area (Å²) in [6.07, 6.45) is 5.08. The molecule has 0 spiro atoms. The van der Waals surface area contributed by atoms with Crippen molar-refractivity contribution in [3.05, 3.63) is 41.7 Å². The molecule has 5 nitrogen and oxygen atoms in total. The molecule has 5 heteroatoms. The van der Waals surface area contributed by atoms with Crippen LogP contribution in [0.3, 0.4) is 0 Å². The lowest BCUT2D eigenvalue weighted by molar-refractivity contribution is 0.0694. The molecular formula is C18H22N2O3. The van der Waals surface area contributed by atoms with E-state index >= 15 is 0 Å². The van der Waals surface area contributed by atoms with Crippen LogP contribution in [-0.4, -0.2) is 22.8 Å². The number of carbonyl (C=O) groups is 1. The summed E-state index contributed by atoms with van der Waals surface area (Å²) >= 11 is 0. The number of carboxylic acid groups (broad SMARTS) is 1. The van der Waals surface area contributed by atoms with E-state index in [0.29, 0.717) is 17.4 Å². The molecule has 1 aromatic heterocycles. The Kier molecular flexibility index (Phi) is 4.76. The van der Waals surface area contributed by atoms with Crippen LogP contribution in [0.2, 0.25) is 0 Å². The van der Waals surface area contributed by atoms with E-state index < -0.39 is 5.97 Å². The Hall–Kier alpha value is -2.14. The second kappa shape index (κ2) is 6.96. The van der Waals surface area contributed by atoms with Crippen LogP contribution < -0.4 is 5.32 Å². The van der Waals surface area contributed by atoms with Gasteiger partial charge in [-0.25, -0.2) is 4.79 Å². The molecule has 23 heavy (non-hydrogen) atoms. The lowest BCUT2D eigenvalue weighted by Crippen LogP contribution is -2.25. The summed E-state index contributed by atoms with van der Waals surface area (Å²) < 4.78 is 5.40. The van der Waals surface area contributed by atoms with E-state index in [1.807, 2.05) is 37.3 Å². The number of nitrogens with zero attached hydrogens (tertiary/aromatic N) is 1. The first-order chi connectivity index (χ1) is 11.2. The zero-order valence-corrected chi connectivity index (χ0v) is 13.3. The second-order valence-corrected chi connectivity index (χ2v) is 6.22. The quantitative estimate of drug-likeness (QED) is 0.846. The fourth-order valence-corrected chi connectivity index (χ4v) is 3.25. The molecule has 3 rings (SSSR count). The van der Waals surface area contributed by atoms with E-state index in [1.54, 1.807) is 0 Å². The van der Waals surface area contributed by atoms with Gasteiger partial charge in [0.1, 0.15) is 11.3 Å². The van der Waals surface area contributed by atoms with Gasteiger partial charge in [0.05, 0.1) is 6.04 Å². The summed E-state index contributed by atoms with van der Waals surface area (Å²) in [5.74, 6) is 0.0752. The van der Waals surface area contributed by atoms with Crippen LogP contribution in [0.25, 0.3) is 11.3 Å². The van der Waals surface area contributed by atoms with Crippen molar-refractivity contribution in [2.45, 2.75) is 38.6 Å². The minimum Gasteiger partial charge on any atom is -0.477 e. The Morgan fingerprint density at radius 2 is 2.04 bits per heavy atom. The van der Waals surface area contributed by atoms with Gasteiger partial charge < -0.3 is 14.9 Å². The van der Waals surface area contributed by atoms with Gasteiger partial charge in [0.2, 0.25) is 0 Å². The number of carboxylic acids is 1. The van der Waals surface area contributed by atoms with Crippen molar-refractivity contribution < 1.29 is 14.4 Å². The number of rotatable bonds is 6. The third-order valence-corrected chi connectivity index (χ3v) is 4.56. The lowest BCUT2D eigenvalue weighted by Gasteiger charge is -2.15. The minimum atomic E-state index is -1.00. The summed E-state index contributed by atoms with van der Waals surface area (Å²) in [5.41, 5.74) is 1.30. The monoisotopic (exact) mass is 314 g/mol. The first-order valence-corrected chi connectivity index (χ1v) is 8.18. The van der Waals surface area contributed by atoms with Crippen LogP contribution in [0.1, 0.15) is 54.8 Å². The third-order valence-electron chi connectivity index (χ3n) is 4.56. The summed E-state index contributed by atoms with van der Waals surface area (Å²) in [6.45, 7) is 2.82. The number of hydrogen-bond acceptors (Lipinski definition) is 4. The maximum Gasteiger partial charge on any atom is 0.341 e. The Morgan fingerprint density at radius 1 is 1.35 bits per heavy atom. The van der Waals surface area contributed by atoms with Crippen LogP contribution >= 0.6 is 0 Å². The van der Waals surface area contributed by atoms with Gasteiger partial charge in [-0.2, -0.15) is 0 Å². The Labute approximate surface area is 135 Å². The first-order valence-electron chi connectivity index (χ1n) is 8.18. The standard InChI is InChI=1S/C18H22N2O3/c1-12(19-11-13-7-5-6-8-13)17-15(18(21)22)16(20-23-17)14-9-3-2-4-10-14/h2-4,9-10,12-13,19H,5-8,11H2,1H3,(H,21,22)/t12-/m1/s1. The van der Waals surface area contributed by atoms with E-state index in [4.69, 9.17) is 4.52 Å². The molecule has 0 unspecified atom stereocenters. The van der Waals surface area contributed by atoms with Crippen molar-refractivity contribution in [1.82, 2.24) is 10.5 Å². The molecule has 1 aliphatic rings. The number of hydrogen-bond donors (Lipinski definition) is 2. The lowest BCUT2D eigenvalue weighted by atomic mass is 10.0. The molecule has 122 valence electrons. The number of nitrogens with one attached hydrogen (secondary N) is 1. The molecule has 0 saturated heterocycles. The van der Waals surface area contributed by atoms with Crippen LogP contribution in [0.5, 0.6) is 0 Å². The zero-order chi connectivity index (χ0) is 16.2. The molecule has 1 saturated carbocycles. The highest BCUT2D eigenvalue weighted by molar-refractivity contribution is 5.95. The highest BCUT2D eigenvalue weighted by atomic mass is 16.5. The fraction of sp³-hybridized carbons (Fsp3) is 0.444. The molecule has 1 aromatic carbocycles. The van der Waals surface area contributed by atoms with Gasteiger partial charge in [-0.15, -0.1) is 0 Å². The number of aromatic nitrogens is 1. The van der Waals surface area contributed by atoms with Gasteiger partial charge in [-0.3, -0.25) is 0 Å².